The Labute approximate surface area is 84.3 Å². The van der Waals surface area contributed by atoms with Crippen molar-refractivity contribution in [3.8, 4) is 0 Å². The zero-order chi connectivity index (χ0) is 11.4. The molecule has 0 aliphatic rings. The van der Waals surface area contributed by atoms with Crippen LogP contribution in [0, 0.1) is 5.41 Å². The van der Waals surface area contributed by atoms with Gasteiger partial charge in [-0.15, -0.1) is 0 Å². The van der Waals surface area contributed by atoms with E-state index in [0.717, 1.165) is 0 Å². The summed E-state index contributed by atoms with van der Waals surface area (Å²) in [6.45, 7) is 7.26. The van der Waals surface area contributed by atoms with Gasteiger partial charge in [-0.25, -0.2) is 4.79 Å². The fourth-order valence-electron chi connectivity index (χ4n) is 0.997. The summed E-state index contributed by atoms with van der Waals surface area (Å²) in [5, 5.41) is 8.74. The zero-order valence-corrected chi connectivity index (χ0v) is 9.16. The topological polar surface area (TPSA) is 63.6 Å². The highest BCUT2D eigenvalue weighted by molar-refractivity contribution is 5.76. The first-order chi connectivity index (χ1) is 6.22. The summed E-state index contributed by atoms with van der Waals surface area (Å²) in [5.74, 6) is -1.63. The van der Waals surface area contributed by atoms with Crippen molar-refractivity contribution in [2.75, 3.05) is 0 Å². The van der Waals surface area contributed by atoms with Crippen molar-refractivity contribution in [3.05, 3.63) is 0 Å². The Bertz CT molecular complexity index is 215. The lowest BCUT2D eigenvalue weighted by molar-refractivity contribution is -0.163. The fourth-order valence-corrected chi connectivity index (χ4v) is 0.997. The minimum atomic E-state index is -1.08. The van der Waals surface area contributed by atoms with E-state index in [1.54, 1.807) is 0 Å². The van der Waals surface area contributed by atoms with Gasteiger partial charge in [-0.3, -0.25) is 4.79 Å². The van der Waals surface area contributed by atoms with Gasteiger partial charge in [0.15, 0.2) is 6.10 Å². The third-order valence-corrected chi connectivity index (χ3v) is 1.74. The third-order valence-electron chi connectivity index (χ3n) is 1.74. The average molecular weight is 202 g/mol. The van der Waals surface area contributed by atoms with Crippen LogP contribution in [0.2, 0.25) is 0 Å². The van der Waals surface area contributed by atoms with Crippen molar-refractivity contribution in [3.63, 3.8) is 0 Å². The molecule has 0 spiro atoms. The zero-order valence-electron chi connectivity index (χ0n) is 9.16. The van der Waals surface area contributed by atoms with Crippen LogP contribution < -0.4 is 0 Å². The first-order valence-corrected chi connectivity index (χ1v) is 4.62. The summed E-state index contributed by atoms with van der Waals surface area (Å²) in [5.41, 5.74) is 0.0495. The lowest BCUT2D eigenvalue weighted by atomic mass is 9.89. The molecule has 82 valence electrons. The monoisotopic (exact) mass is 202 g/mol. The first-order valence-electron chi connectivity index (χ1n) is 4.62. The minimum Gasteiger partial charge on any atom is -0.479 e. The maximum absolute atomic E-state index is 10.7. The molecule has 0 rings (SSSR count). The standard InChI is InChI=1S/C10H18O4/c1-7(11)14-8(9(12)13)5-6-10(2,3)4/h8H,5-6H2,1-4H3,(H,12,13). The van der Waals surface area contributed by atoms with E-state index in [1.165, 1.54) is 6.92 Å². The summed E-state index contributed by atoms with van der Waals surface area (Å²) in [7, 11) is 0. The molecule has 0 aromatic heterocycles. The minimum absolute atomic E-state index is 0.0495. The van der Waals surface area contributed by atoms with Gasteiger partial charge in [0.05, 0.1) is 0 Å². The highest BCUT2D eigenvalue weighted by Crippen LogP contribution is 2.22. The van der Waals surface area contributed by atoms with Gasteiger partial charge in [0, 0.05) is 6.92 Å². The molecule has 14 heavy (non-hydrogen) atoms. The number of carbonyl (C=O) groups is 2. The van der Waals surface area contributed by atoms with Gasteiger partial charge in [-0.05, 0) is 18.3 Å². The molecule has 0 aromatic rings. The van der Waals surface area contributed by atoms with Gasteiger partial charge in [-0.1, -0.05) is 20.8 Å². The van der Waals surface area contributed by atoms with Crippen LogP contribution in [0.5, 0.6) is 0 Å². The second kappa shape index (κ2) is 4.98. The van der Waals surface area contributed by atoms with E-state index in [9.17, 15) is 9.59 Å². The molecule has 4 nitrogen and oxygen atoms in total. The molecule has 1 unspecified atom stereocenters. The van der Waals surface area contributed by atoms with Crippen LogP contribution in [0.1, 0.15) is 40.5 Å². The molecule has 1 atom stereocenters. The van der Waals surface area contributed by atoms with Crippen LogP contribution in [-0.4, -0.2) is 23.1 Å². The number of aliphatic carboxylic acids is 1. The van der Waals surface area contributed by atoms with Gasteiger partial charge in [0.25, 0.3) is 0 Å². The predicted octanol–water partition coefficient (Wildman–Crippen LogP) is 1.83. The molecule has 0 fully saturated rings. The highest BCUT2D eigenvalue weighted by atomic mass is 16.6. The lowest BCUT2D eigenvalue weighted by Crippen LogP contribution is -2.27. The Morgan fingerprint density at radius 1 is 1.36 bits per heavy atom. The molecule has 0 heterocycles. The smallest absolute Gasteiger partial charge is 0.345 e. The van der Waals surface area contributed by atoms with Crippen molar-refractivity contribution in [2.45, 2.75) is 46.6 Å². The number of hydrogen-bond donors (Lipinski definition) is 1. The molecule has 0 saturated heterocycles. The second-order valence-corrected chi connectivity index (χ2v) is 4.54. The Morgan fingerprint density at radius 2 is 1.86 bits per heavy atom. The maximum Gasteiger partial charge on any atom is 0.345 e. The molecule has 0 saturated carbocycles. The van der Waals surface area contributed by atoms with Gasteiger partial charge in [0.2, 0.25) is 0 Å². The molecule has 0 bridgehead atoms. The predicted molar refractivity (Wildman–Crippen MR) is 51.9 cm³/mol. The van der Waals surface area contributed by atoms with E-state index >= 15 is 0 Å². The van der Waals surface area contributed by atoms with Crippen LogP contribution in [0.15, 0.2) is 0 Å². The molecule has 4 heteroatoms. The Morgan fingerprint density at radius 3 is 2.14 bits per heavy atom. The van der Waals surface area contributed by atoms with Crippen LogP contribution in [0.3, 0.4) is 0 Å². The molecule has 0 aliphatic carbocycles. The van der Waals surface area contributed by atoms with Crippen molar-refractivity contribution in [1.29, 1.82) is 0 Å². The Hall–Kier alpha value is -1.06. The van der Waals surface area contributed by atoms with E-state index in [2.05, 4.69) is 4.74 Å². The first kappa shape index (κ1) is 12.9. The molecule has 0 aromatic carbocycles. The third kappa shape index (κ3) is 6.46. The van der Waals surface area contributed by atoms with Crippen LogP contribution >= 0.6 is 0 Å². The van der Waals surface area contributed by atoms with Crippen molar-refractivity contribution < 1.29 is 19.4 Å². The molecule has 0 aliphatic heterocycles. The fraction of sp³-hybridized carbons (Fsp3) is 0.800. The van der Waals surface area contributed by atoms with Crippen molar-refractivity contribution in [2.24, 2.45) is 5.41 Å². The summed E-state index contributed by atoms with van der Waals surface area (Å²) < 4.78 is 4.67. The number of hydrogen-bond acceptors (Lipinski definition) is 3. The Kier molecular flexibility index (Phi) is 4.60. The number of rotatable bonds is 4. The normalized spacial score (nSPS) is 13.4. The van der Waals surface area contributed by atoms with Crippen molar-refractivity contribution >= 4 is 11.9 Å². The number of ether oxygens (including phenoxy) is 1. The second-order valence-electron chi connectivity index (χ2n) is 4.54. The van der Waals surface area contributed by atoms with E-state index in [-0.39, 0.29) is 5.41 Å². The van der Waals surface area contributed by atoms with E-state index in [4.69, 9.17) is 5.11 Å². The van der Waals surface area contributed by atoms with Gasteiger partial charge >= 0.3 is 11.9 Å². The maximum atomic E-state index is 10.7. The average Bonchev–Trinajstić information content (AvgIpc) is 1.94. The number of carbonyl (C=O) groups excluding carboxylic acids is 1. The molecular weight excluding hydrogens is 184 g/mol. The molecule has 0 radical (unpaired) electrons. The highest BCUT2D eigenvalue weighted by Gasteiger charge is 2.23. The Balaban J connectivity index is 4.11. The SMILES string of the molecule is CC(=O)OC(CCC(C)(C)C)C(=O)O. The summed E-state index contributed by atoms with van der Waals surface area (Å²) in [6, 6.07) is 0. The summed E-state index contributed by atoms with van der Waals surface area (Å²) >= 11 is 0. The largest absolute Gasteiger partial charge is 0.479 e. The summed E-state index contributed by atoms with van der Waals surface area (Å²) in [6.07, 6.45) is 0.0575. The quantitative estimate of drug-likeness (QED) is 0.706. The molecule has 1 N–H and O–H groups in total. The number of esters is 1. The van der Waals surface area contributed by atoms with E-state index < -0.39 is 18.0 Å². The van der Waals surface area contributed by atoms with E-state index in [1.807, 2.05) is 20.8 Å². The van der Waals surface area contributed by atoms with Gasteiger partial charge in [-0.2, -0.15) is 0 Å². The molecular formula is C10H18O4. The summed E-state index contributed by atoms with van der Waals surface area (Å²) in [4.78, 5) is 21.3. The van der Waals surface area contributed by atoms with Crippen LogP contribution in [-0.2, 0) is 14.3 Å². The molecule has 0 amide bonds. The van der Waals surface area contributed by atoms with Crippen LogP contribution in [0.4, 0.5) is 0 Å². The lowest BCUT2D eigenvalue weighted by Gasteiger charge is -2.20. The van der Waals surface area contributed by atoms with Gasteiger partial charge < -0.3 is 9.84 Å². The van der Waals surface area contributed by atoms with Gasteiger partial charge in [0.1, 0.15) is 0 Å². The van der Waals surface area contributed by atoms with E-state index in [0.29, 0.717) is 12.8 Å². The van der Waals surface area contributed by atoms with Crippen LogP contribution in [0.25, 0.3) is 0 Å². The van der Waals surface area contributed by atoms with Crippen molar-refractivity contribution in [1.82, 2.24) is 0 Å². The number of carboxylic acids is 1. The number of carboxylic acid groups (broad SMARTS) is 1.